The van der Waals surface area contributed by atoms with Crippen molar-refractivity contribution in [1.82, 2.24) is 9.80 Å². The molecule has 0 amide bonds. The van der Waals surface area contributed by atoms with Crippen LogP contribution in [0, 0.1) is 5.92 Å². The number of carbonyl (C=O) groups excluding carboxylic acids is 1. The highest BCUT2D eigenvalue weighted by molar-refractivity contribution is 5.72. The molecule has 0 aromatic heterocycles. The van der Waals surface area contributed by atoms with Crippen molar-refractivity contribution in [3.05, 3.63) is 0 Å². The highest BCUT2D eigenvalue weighted by Crippen LogP contribution is 2.04. The normalized spacial score (nSPS) is 13.0. The summed E-state index contributed by atoms with van der Waals surface area (Å²) >= 11 is 0. The molecule has 0 radical (unpaired) electrons. The van der Waals surface area contributed by atoms with E-state index < -0.39 is 0 Å². The van der Waals surface area contributed by atoms with Gasteiger partial charge >= 0.3 is 5.97 Å². The lowest BCUT2D eigenvalue weighted by Crippen LogP contribution is -2.35. The molecule has 0 heterocycles. The third kappa shape index (κ3) is 8.22. The molecule has 0 aliphatic heterocycles. The lowest BCUT2D eigenvalue weighted by molar-refractivity contribution is -0.148. The molecule has 0 saturated carbocycles. The van der Waals surface area contributed by atoms with E-state index >= 15 is 0 Å². The van der Waals surface area contributed by atoms with Gasteiger partial charge in [-0.25, -0.2) is 0 Å². The maximum atomic E-state index is 11.6. The van der Waals surface area contributed by atoms with E-state index in [4.69, 9.17) is 4.74 Å². The lowest BCUT2D eigenvalue weighted by Gasteiger charge is -2.25. The molecule has 0 spiro atoms. The molecular formula is C15H32N2O2. The minimum Gasteiger partial charge on any atom is -0.466 e. The zero-order valence-corrected chi connectivity index (χ0v) is 13.4. The van der Waals surface area contributed by atoms with Gasteiger partial charge < -0.3 is 14.5 Å². The fraction of sp³-hybridized carbons (Fsp3) is 0.933. The third-order valence-electron chi connectivity index (χ3n) is 3.51. The van der Waals surface area contributed by atoms with Crippen LogP contribution in [-0.4, -0.2) is 61.6 Å². The minimum absolute atomic E-state index is 0.0339. The fourth-order valence-corrected chi connectivity index (χ4v) is 2.18. The highest BCUT2D eigenvalue weighted by Gasteiger charge is 2.17. The number of ether oxygens (including phenoxy) is 1. The Bertz CT molecular complexity index is 230. The van der Waals surface area contributed by atoms with Crippen LogP contribution in [0.3, 0.4) is 0 Å². The number of esters is 1. The second kappa shape index (κ2) is 11.2. The van der Waals surface area contributed by atoms with Crippen LogP contribution in [0.15, 0.2) is 0 Å². The van der Waals surface area contributed by atoms with Gasteiger partial charge in [-0.05, 0) is 46.1 Å². The molecule has 1 unspecified atom stereocenters. The van der Waals surface area contributed by atoms with E-state index in [1.165, 1.54) is 0 Å². The van der Waals surface area contributed by atoms with Gasteiger partial charge in [0.2, 0.25) is 0 Å². The Kier molecular flexibility index (Phi) is 10.9. The Morgan fingerprint density at radius 2 is 1.53 bits per heavy atom. The van der Waals surface area contributed by atoms with E-state index in [0.717, 1.165) is 45.7 Å². The molecule has 0 aromatic rings. The summed E-state index contributed by atoms with van der Waals surface area (Å²) in [4.78, 5) is 16.4. The smallest absolute Gasteiger partial charge is 0.309 e. The predicted octanol–water partition coefficient (Wildman–Crippen LogP) is 2.24. The van der Waals surface area contributed by atoms with Crippen LogP contribution < -0.4 is 0 Å². The number of hydrogen-bond acceptors (Lipinski definition) is 4. The first kappa shape index (κ1) is 18.4. The lowest BCUT2D eigenvalue weighted by atomic mass is 10.1. The Morgan fingerprint density at radius 1 is 1.00 bits per heavy atom. The maximum absolute atomic E-state index is 11.6. The molecule has 19 heavy (non-hydrogen) atoms. The first-order chi connectivity index (χ1) is 9.08. The zero-order chi connectivity index (χ0) is 14.7. The Hall–Kier alpha value is -0.610. The van der Waals surface area contributed by atoms with Gasteiger partial charge in [0.1, 0.15) is 0 Å². The van der Waals surface area contributed by atoms with Crippen LogP contribution in [0.4, 0.5) is 0 Å². The molecule has 0 saturated heterocycles. The summed E-state index contributed by atoms with van der Waals surface area (Å²) in [5.74, 6) is -0.113. The molecule has 0 N–H and O–H groups in total. The average molecular weight is 272 g/mol. The van der Waals surface area contributed by atoms with Crippen LogP contribution in [0.2, 0.25) is 0 Å². The molecule has 0 aliphatic carbocycles. The van der Waals surface area contributed by atoms with Crippen molar-refractivity contribution in [3.63, 3.8) is 0 Å². The van der Waals surface area contributed by atoms with Gasteiger partial charge in [-0.3, -0.25) is 4.79 Å². The van der Waals surface area contributed by atoms with Gasteiger partial charge in [0.25, 0.3) is 0 Å². The molecule has 114 valence electrons. The summed E-state index contributed by atoms with van der Waals surface area (Å²) in [6.45, 7) is 17.0. The standard InChI is InChI=1S/C15H32N2O2/c1-6-16(7-2)11-10-12-17(8-3)13-14(5)15(18)19-9-4/h14H,6-13H2,1-5H3. The topological polar surface area (TPSA) is 32.8 Å². The van der Waals surface area contributed by atoms with Gasteiger partial charge in [-0.1, -0.05) is 27.7 Å². The van der Waals surface area contributed by atoms with E-state index in [2.05, 4.69) is 30.6 Å². The van der Waals surface area contributed by atoms with Crippen LogP contribution >= 0.6 is 0 Å². The van der Waals surface area contributed by atoms with E-state index in [-0.39, 0.29) is 11.9 Å². The summed E-state index contributed by atoms with van der Waals surface area (Å²) in [5.41, 5.74) is 0. The predicted molar refractivity (Wildman–Crippen MR) is 80.3 cm³/mol. The van der Waals surface area contributed by atoms with Crippen molar-refractivity contribution in [1.29, 1.82) is 0 Å². The molecule has 0 aromatic carbocycles. The molecule has 0 aliphatic rings. The van der Waals surface area contributed by atoms with Crippen molar-refractivity contribution in [2.75, 3.05) is 45.9 Å². The fourth-order valence-electron chi connectivity index (χ4n) is 2.18. The average Bonchev–Trinajstić information content (AvgIpc) is 2.42. The Morgan fingerprint density at radius 3 is 2.00 bits per heavy atom. The summed E-state index contributed by atoms with van der Waals surface area (Å²) in [6.07, 6.45) is 1.16. The first-order valence-corrected chi connectivity index (χ1v) is 7.70. The quantitative estimate of drug-likeness (QED) is 0.540. The summed E-state index contributed by atoms with van der Waals surface area (Å²) < 4.78 is 5.05. The largest absolute Gasteiger partial charge is 0.466 e. The molecule has 0 fully saturated rings. The van der Waals surface area contributed by atoms with Gasteiger partial charge in [0, 0.05) is 6.54 Å². The first-order valence-electron chi connectivity index (χ1n) is 7.70. The molecule has 1 atom stereocenters. The van der Waals surface area contributed by atoms with Gasteiger partial charge in [-0.15, -0.1) is 0 Å². The van der Waals surface area contributed by atoms with Crippen molar-refractivity contribution >= 4 is 5.97 Å². The monoisotopic (exact) mass is 272 g/mol. The number of hydrogen-bond donors (Lipinski definition) is 0. The number of rotatable bonds is 11. The highest BCUT2D eigenvalue weighted by atomic mass is 16.5. The molecule has 4 nitrogen and oxygen atoms in total. The third-order valence-corrected chi connectivity index (χ3v) is 3.51. The number of nitrogens with zero attached hydrogens (tertiary/aromatic N) is 2. The number of carbonyl (C=O) groups is 1. The van der Waals surface area contributed by atoms with Gasteiger partial charge in [0.05, 0.1) is 12.5 Å². The van der Waals surface area contributed by atoms with Crippen molar-refractivity contribution in [2.24, 2.45) is 5.92 Å². The van der Waals surface area contributed by atoms with Crippen molar-refractivity contribution in [2.45, 2.75) is 41.0 Å². The SMILES string of the molecule is CCOC(=O)C(C)CN(CC)CCCN(CC)CC. The molecule has 4 heteroatoms. The summed E-state index contributed by atoms with van der Waals surface area (Å²) in [7, 11) is 0. The van der Waals surface area contributed by atoms with Gasteiger partial charge in [0.15, 0.2) is 0 Å². The second-order valence-corrected chi connectivity index (χ2v) is 4.93. The minimum atomic E-state index is -0.0790. The van der Waals surface area contributed by atoms with Gasteiger partial charge in [-0.2, -0.15) is 0 Å². The maximum Gasteiger partial charge on any atom is 0.309 e. The summed E-state index contributed by atoms with van der Waals surface area (Å²) in [5, 5.41) is 0. The van der Waals surface area contributed by atoms with Crippen LogP contribution in [0.1, 0.15) is 41.0 Å². The van der Waals surface area contributed by atoms with E-state index in [9.17, 15) is 4.79 Å². The molecule has 0 bridgehead atoms. The zero-order valence-electron chi connectivity index (χ0n) is 13.4. The molecular weight excluding hydrogens is 240 g/mol. The summed E-state index contributed by atoms with van der Waals surface area (Å²) in [6, 6.07) is 0. The van der Waals surface area contributed by atoms with E-state index in [0.29, 0.717) is 6.61 Å². The van der Waals surface area contributed by atoms with Crippen molar-refractivity contribution in [3.8, 4) is 0 Å². The van der Waals surface area contributed by atoms with Crippen molar-refractivity contribution < 1.29 is 9.53 Å². The van der Waals surface area contributed by atoms with Crippen LogP contribution in [0.5, 0.6) is 0 Å². The Balaban J connectivity index is 3.97. The van der Waals surface area contributed by atoms with E-state index in [1.54, 1.807) is 0 Å². The van der Waals surface area contributed by atoms with Crippen LogP contribution in [-0.2, 0) is 9.53 Å². The molecule has 0 rings (SSSR count). The van der Waals surface area contributed by atoms with E-state index in [1.807, 2.05) is 13.8 Å². The Labute approximate surface area is 119 Å². The van der Waals surface area contributed by atoms with Crippen LogP contribution in [0.25, 0.3) is 0 Å². The second-order valence-electron chi connectivity index (χ2n) is 4.93.